The Balaban J connectivity index is 1.62. The van der Waals surface area contributed by atoms with E-state index < -0.39 is 16.9 Å². The Bertz CT molecular complexity index is 1130. The molecule has 0 saturated heterocycles. The quantitative estimate of drug-likeness (QED) is 0.515. The number of thioether (sulfide) groups is 1. The third-order valence-corrected chi connectivity index (χ3v) is 5.18. The van der Waals surface area contributed by atoms with E-state index in [1.165, 1.54) is 23.9 Å². The predicted octanol–water partition coefficient (Wildman–Crippen LogP) is 3.88. The Labute approximate surface area is 163 Å². The molecular weight excluding hydrogens is 382 g/mol. The maximum Gasteiger partial charge on any atom is 0.329 e. The first-order valence-corrected chi connectivity index (χ1v) is 9.26. The van der Waals surface area contributed by atoms with Crippen LogP contribution in [0.2, 0.25) is 0 Å². The lowest BCUT2D eigenvalue weighted by Crippen LogP contribution is -2.17. The number of ether oxygens (including phenoxy) is 1. The Morgan fingerprint density at radius 2 is 2.04 bits per heavy atom. The SMILES string of the molecule is O=C(O)C1CSC(c2ccc3cc(Oc4ccccc4[N+](=O)[O-])ccc3n2)=N1. The average molecular weight is 395 g/mol. The minimum Gasteiger partial charge on any atom is -0.480 e. The molecule has 0 fully saturated rings. The Morgan fingerprint density at radius 3 is 2.79 bits per heavy atom. The van der Waals surface area contributed by atoms with Crippen molar-refractivity contribution in [2.45, 2.75) is 6.04 Å². The number of carboxylic acids is 1. The van der Waals surface area contributed by atoms with Gasteiger partial charge in [0.15, 0.2) is 6.04 Å². The van der Waals surface area contributed by atoms with Gasteiger partial charge in [0, 0.05) is 17.2 Å². The Hall–Kier alpha value is -3.46. The van der Waals surface area contributed by atoms with Crippen LogP contribution in [-0.2, 0) is 4.79 Å². The fourth-order valence-electron chi connectivity index (χ4n) is 2.75. The first-order chi connectivity index (χ1) is 13.5. The highest BCUT2D eigenvalue weighted by Gasteiger charge is 2.25. The zero-order chi connectivity index (χ0) is 19.7. The summed E-state index contributed by atoms with van der Waals surface area (Å²) in [6.45, 7) is 0. The number of hydrogen-bond acceptors (Lipinski definition) is 7. The van der Waals surface area contributed by atoms with Crippen LogP contribution in [-0.4, -0.2) is 37.8 Å². The van der Waals surface area contributed by atoms with Gasteiger partial charge in [0.25, 0.3) is 0 Å². The summed E-state index contributed by atoms with van der Waals surface area (Å²) in [4.78, 5) is 30.4. The van der Waals surface area contributed by atoms with Crippen molar-refractivity contribution in [3.05, 3.63) is 70.4 Å². The molecule has 4 rings (SSSR count). The van der Waals surface area contributed by atoms with E-state index >= 15 is 0 Å². The van der Waals surface area contributed by atoms with Gasteiger partial charge in [-0.25, -0.2) is 9.78 Å². The minimum atomic E-state index is -0.944. The van der Waals surface area contributed by atoms with Crippen LogP contribution in [0.15, 0.2) is 59.6 Å². The molecule has 0 spiro atoms. The highest BCUT2D eigenvalue weighted by atomic mass is 32.2. The summed E-state index contributed by atoms with van der Waals surface area (Å²) < 4.78 is 5.69. The van der Waals surface area contributed by atoms with Gasteiger partial charge in [0.05, 0.1) is 16.1 Å². The van der Waals surface area contributed by atoms with Gasteiger partial charge in [-0.05, 0) is 30.3 Å². The lowest BCUT2D eigenvalue weighted by atomic mass is 10.2. The monoisotopic (exact) mass is 395 g/mol. The highest BCUT2D eigenvalue weighted by molar-refractivity contribution is 8.14. The molecule has 140 valence electrons. The van der Waals surface area contributed by atoms with E-state index in [4.69, 9.17) is 9.84 Å². The van der Waals surface area contributed by atoms with Crippen molar-refractivity contribution < 1.29 is 19.6 Å². The van der Waals surface area contributed by atoms with Crippen LogP contribution in [0.25, 0.3) is 10.9 Å². The molecule has 1 N–H and O–H groups in total. The van der Waals surface area contributed by atoms with Crippen LogP contribution < -0.4 is 4.74 Å². The number of pyridine rings is 1. The zero-order valence-electron chi connectivity index (χ0n) is 14.3. The van der Waals surface area contributed by atoms with Gasteiger partial charge >= 0.3 is 11.7 Å². The standard InChI is InChI=1S/C19H13N3O5S/c23-19(24)15-10-28-18(21-15)14-7-5-11-9-12(6-8-13(11)20-14)27-17-4-2-1-3-16(17)22(25)26/h1-9,15H,10H2,(H,23,24). The second-order valence-corrected chi connectivity index (χ2v) is 6.99. The molecule has 28 heavy (non-hydrogen) atoms. The summed E-state index contributed by atoms with van der Waals surface area (Å²) in [7, 11) is 0. The molecule has 0 bridgehead atoms. The van der Waals surface area contributed by atoms with Crippen molar-refractivity contribution in [3.63, 3.8) is 0 Å². The van der Waals surface area contributed by atoms with Gasteiger partial charge < -0.3 is 9.84 Å². The average Bonchev–Trinajstić information content (AvgIpc) is 3.18. The van der Waals surface area contributed by atoms with Crippen LogP contribution in [0, 0.1) is 10.1 Å². The van der Waals surface area contributed by atoms with E-state index in [0.717, 1.165) is 5.39 Å². The van der Waals surface area contributed by atoms with Gasteiger partial charge in [0.1, 0.15) is 10.8 Å². The van der Waals surface area contributed by atoms with Gasteiger partial charge in [-0.15, -0.1) is 11.8 Å². The molecule has 0 amide bonds. The summed E-state index contributed by atoms with van der Waals surface area (Å²) in [6, 6.07) is 14.2. The molecule has 0 radical (unpaired) electrons. The predicted molar refractivity (Wildman–Crippen MR) is 105 cm³/mol. The number of fused-ring (bicyclic) bond motifs is 1. The topological polar surface area (TPSA) is 115 Å². The van der Waals surface area contributed by atoms with Gasteiger partial charge in [-0.2, -0.15) is 0 Å². The largest absolute Gasteiger partial charge is 0.480 e. The molecule has 1 aliphatic rings. The number of aromatic nitrogens is 1. The van der Waals surface area contributed by atoms with Crippen molar-refractivity contribution in [2.24, 2.45) is 4.99 Å². The number of benzene rings is 2. The Kier molecular flexibility index (Phi) is 4.66. The van der Waals surface area contributed by atoms with Crippen LogP contribution in [0.1, 0.15) is 5.69 Å². The molecular formula is C19H13N3O5S. The van der Waals surface area contributed by atoms with Gasteiger partial charge in [0.2, 0.25) is 5.75 Å². The van der Waals surface area contributed by atoms with E-state index in [2.05, 4.69) is 9.98 Å². The number of carbonyl (C=O) groups is 1. The van der Waals surface area contributed by atoms with E-state index in [-0.39, 0.29) is 11.4 Å². The number of para-hydroxylation sites is 2. The number of carboxylic acid groups (broad SMARTS) is 1. The van der Waals surface area contributed by atoms with Crippen molar-refractivity contribution in [3.8, 4) is 11.5 Å². The normalized spacial score (nSPS) is 16.0. The number of aliphatic imine (C=N–C) groups is 1. The number of rotatable bonds is 5. The van der Waals surface area contributed by atoms with Crippen molar-refractivity contribution >= 4 is 39.4 Å². The van der Waals surface area contributed by atoms with Crippen LogP contribution in [0.5, 0.6) is 11.5 Å². The van der Waals surface area contributed by atoms with Crippen LogP contribution >= 0.6 is 11.8 Å². The number of aliphatic carboxylic acids is 1. The van der Waals surface area contributed by atoms with E-state index in [0.29, 0.717) is 27.8 Å². The van der Waals surface area contributed by atoms with E-state index in [9.17, 15) is 14.9 Å². The van der Waals surface area contributed by atoms with Gasteiger partial charge in [-0.3, -0.25) is 15.1 Å². The first-order valence-electron chi connectivity index (χ1n) is 8.27. The molecule has 1 aromatic heterocycles. The van der Waals surface area contributed by atoms with Crippen molar-refractivity contribution in [1.82, 2.24) is 4.98 Å². The lowest BCUT2D eigenvalue weighted by Gasteiger charge is -2.08. The van der Waals surface area contributed by atoms with Crippen molar-refractivity contribution in [2.75, 3.05) is 5.75 Å². The summed E-state index contributed by atoms with van der Waals surface area (Å²) in [5.74, 6) is 0.0651. The molecule has 2 aromatic carbocycles. The second kappa shape index (κ2) is 7.28. The smallest absolute Gasteiger partial charge is 0.329 e. The summed E-state index contributed by atoms with van der Waals surface area (Å²) in [6.07, 6.45) is 0. The molecule has 9 heteroatoms. The molecule has 8 nitrogen and oxygen atoms in total. The molecule has 1 aliphatic heterocycles. The van der Waals surface area contributed by atoms with E-state index in [1.54, 1.807) is 36.4 Å². The first kappa shape index (κ1) is 17.9. The third kappa shape index (κ3) is 3.52. The van der Waals surface area contributed by atoms with Crippen LogP contribution in [0.3, 0.4) is 0 Å². The summed E-state index contributed by atoms with van der Waals surface area (Å²) >= 11 is 1.37. The molecule has 0 aliphatic carbocycles. The molecule has 1 atom stereocenters. The zero-order valence-corrected chi connectivity index (χ0v) is 15.1. The fraction of sp³-hybridized carbons (Fsp3) is 0.105. The molecule has 1 unspecified atom stereocenters. The molecule has 2 heterocycles. The number of nitrogens with zero attached hydrogens (tertiary/aromatic N) is 3. The second-order valence-electron chi connectivity index (χ2n) is 5.98. The maximum absolute atomic E-state index is 11.1. The molecule has 0 saturated carbocycles. The summed E-state index contributed by atoms with van der Waals surface area (Å²) in [5.41, 5.74) is 1.20. The maximum atomic E-state index is 11.1. The number of nitro groups is 1. The summed E-state index contributed by atoms with van der Waals surface area (Å²) in [5, 5.41) is 21.6. The van der Waals surface area contributed by atoms with Gasteiger partial charge in [-0.1, -0.05) is 18.2 Å². The third-order valence-electron chi connectivity index (χ3n) is 4.11. The highest BCUT2D eigenvalue weighted by Crippen LogP contribution is 2.32. The van der Waals surface area contributed by atoms with E-state index in [1.807, 2.05) is 6.07 Å². The Morgan fingerprint density at radius 1 is 1.21 bits per heavy atom. The molecule has 3 aromatic rings. The number of hydrogen-bond donors (Lipinski definition) is 1. The van der Waals surface area contributed by atoms with Crippen LogP contribution in [0.4, 0.5) is 5.69 Å². The van der Waals surface area contributed by atoms with Crippen molar-refractivity contribution in [1.29, 1.82) is 0 Å². The number of nitro benzene ring substituents is 1. The fourth-order valence-corrected chi connectivity index (χ4v) is 3.74. The minimum absolute atomic E-state index is 0.111. The lowest BCUT2D eigenvalue weighted by molar-refractivity contribution is -0.385.